The van der Waals surface area contributed by atoms with Crippen LogP contribution in [0, 0.1) is 20.8 Å². The normalized spacial score (nSPS) is 11.2. The number of aryl methyl sites for hydroxylation is 3. The van der Waals surface area contributed by atoms with Gasteiger partial charge in [-0.1, -0.05) is 12.1 Å². The number of hydrogen-bond acceptors (Lipinski definition) is 3. The Kier molecular flexibility index (Phi) is 3.26. The lowest BCUT2D eigenvalue weighted by molar-refractivity contribution is 1.01. The summed E-state index contributed by atoms with van der Waals surface area (Å²) in [4.78, 5) is 13.3. The van der Waals surface area contributed by atoms with Gasteiger partial charge in [-0.3, -0.25) is 4.79 Å². The van der Waals surface area contributed by atoms with Gasteiger partial charge in [0.15, 0.2) is 0 Å². The van der Waals surface area contributed by atoms with E-state index in [1.54, 1.807) is 11.3 Å². The van der Waals surface area contributed by atoms with Gasteiger partial charge in [-0.2, -0.15) is 5.10 Å². The Morgan fingerprint density at radius 1 is 1.15 bits per heavy atom. The van der Waals surface area contributed by atoms with Crippen LogP contribution in [0.3, 0.4) is 0 Å². The third-order valence-electron chi connectivity index (χ3n) is 3.50. The molecule has 3 nitrogen and oxygen atoms in total. The van der Waals surface area contributed by atoms with Gasteiger partial charge >= 0.3 is 0 Å². The van der Waals surface area contributed by atoms with Crippen molar-refractivity contribution in [3.05, 3.63) is 48.3 Å². The highest BCUT2D eigenvalue weighted by atomic mass is 79.9. The number of benzene rings is 1. The number of fused-ring (bicyclic) bond motifs is 1. The molecule has 0 aliphatic carbocycles. The van der Waals surface area contributed by atoms with Crippen LogP contribution in [0.15, 0.2) is 26.8 Å². The van der Waals surface area contributed by atoms with Crippen molar-refractivity contribution in [2.75, 3.05) is 0 Å². The topological polar surface area (TPSA) is 45.8 Å². The third kappa shape index (κ3) is 2.01. The van der Waals surface area contributed by atoms with E-state index in [1.807, 2.05) is 26.0 Å². The van der Waals surface area contributed by atoms with E-state index < -0.39 is 0 Å². The molecule has 3 aromatic rings. The van der Waals surface area contributed by atoms with Crippen LogP contribution in [-0.4, -0.2) is 10.2 Å². The highest BCUT2D eigenvalue weighted by molar-refractivity contribution is 9.11. The second-order valence-corrected chi connectivity index (χ2v) is 7.51. The van der Waals surface area contributed by atoms with Crippen LogP contribution in [0.5, 0.6) is 0 Å². The maximum atomic E-state index is 12.1. The minimum atomic E-state index is -0.128. The van der Waals surface area contributed by atoms with Gasteiger partial charge < -0.3 is 0 Å². The van der Waals surface area contributed by atoms with Gasteiger partial charge in [0.25, 0.3) is 5.56 Å². The predicted molar refractivity (Wildman–Crippen MR) is 87.6 cm³/mol. The van der Waals surface area contributed by atoms with Crippen LogP contribution in [0.2, 0.25) is 0 Å². The van der Waals surface area contributed by atoms with Gasteiger partial charge in [0, 0.05) is 15.8 Å². The fraction of sp³-hybridized carbons (Fsp3) is 0.200. The molecule has 2 heterocycles. The van der Waals surface area contributed by atoms with E-state index in [2.05, 4.69) is 39.1 Å². The van der Waals surface area contributed by atoms with E-state index in [9.17, 15) is 4.79 Å². The monoisotopic (exact) mass is 348 g/mol. The second kappa shape index (κ2) is 4.82. The number of aromatic amines is 1. The quantitative estimate of drug-likeness (QED) is 0.710. The highest BCUT2D eigenvalue weighted by Crippen LogP contribution is 2.36. The maximum Gasteiger partial charge on any atom is 0.272 e. The Hall–Kier alpha value is -1.46. The zero-order chi connectivity index (χ0) is 14.4. The number of nitrogens with zero attached hydrogens (tertiary/aromatic N) is 1. The molecule has 5 heteroatoms. The van der Waals surface area contributed by atoms with Crippen molar-refractivity contribution < 1.29 is 0 Å². The smallest absolute Gasteiger partial charge is 0.267 e. The zero-order valence-electron chi connectivity index (χ0n) is 11.4. The molecular weight excluding hydrogens is 336 g/mol. The fourth-order valence-electron chi connectivity index (χ4n) is 2.50. The lowest BCUT2D eigenvalue weighted by Gasteiger charge is -2.09. The number of nitrogens with one attached hydrogen (secondary N) is 1. The Labute approximate surface area is 128 Å². The first-order valence-electron chi connectivity index (χ1n) is 6.24. The van der Waals surface area contributed by atoms with Crippen molar-refractivity contribution in [3.8, 4) is 11.3 Å². The summed E-state index contributed by atoms with van der Waals surface area (Å²) in [5, 5.41) is 8.61. The van der Waals surface area contributed by atoms with Crippen LogP contribution >= 0.6 is 27.3 Å². The van der Waals surface area contributed by atoms with Gasteiger partial charge in [0.2, 0.25) is 0 Å². The number of rotatable bonds is 1. The van der Waals surface area contributed by atoms with E-state index in [-0.39, 0.29) is 5.56 Å². The van der Waals surface area contributed by atoms with Crippen molar-refractivity contribution in [3.63, 3.8) is 0 Å². The lowest BCUT2D eigenvalue weighted by Crippen LogP contribution is -2.11. The molecule has 20 heavy (non-hydrogen) atoms. The van der Waals surface area contributed by atoms with Crippen molar-refractivity contribution >= 4 is 38.0 Å². The van der Waals surface area contributed by atoms with E-state index in [0.717, 1.165) is 36.9 Å². The molecule has 0 radical (unpaired) electrons. The standard InChI is InChI=1S/C15H13BrN2OS/c1-7-4-5-8(2)13-12(7)14(17-18-15(13)19)10-6-11(16)20-9(10)3/h4-6H,1-3H3,(H,18,19). The average molecular weight is 349 g/mol. The van der Waals surface area contributed by atoms with Gasteiger partial charge in [-0.25, -0.2) is 5.10 Å². The molecular formula is C15H13BrN2OS. The Bertz CT molecular complexity index is 879. The van der Waals surface area contributed by atoms with E-state index in [0.29, 0.717) is 0 Å². The first-order valence-corrected chi connectivity index (χ1v) is 7.85. The van der Waals surface area contributed by atoms with E-state index in [4.69, 9.17) is 0 Å². The molecule has 0 saturated heterocycles. The van der Waals surface area contributed by atoms with Gasteiger partial charge in [0.1, 0.15) is 5.69 Å². The second-order valence-electron chi connectivity index (χ2n) is 4.87. The lowest BCUT2D eigenvalue weighted by atomic mass is 9.98. The fourth-order valence-corrected chi connectivity index (χ4v) is 4.20. The number of thiophene rings is 1. The number of H-pyrrole nitrogens is 1. The SMILES string of the molecule is Cc1sc(Br)cc1-c1n[nH]c(=O)c2c(C)ccc(C)c12. The molecule has 3 rings (SSSR count). The molecule has 2 aromatic heterocycles. The third-order valence-corrected chi connectivity index (χ3v) is 5.05. The van der Waals surface area contributed by atoms with Crippen molar-refractivity contribution in [1.82, 2.24) is 10.2 Å². The first-order chi connectivity index (χ1) is 9.49. The van der Waals surface area contributed by atoms with Crippen LogP contribution in [0.4, 0.5) is 0 Å². The summed E-state index contributed by atoms with van der Waals surface area (Å²) in [6, 6.07) is 6.08. The minimum Gasteiger partial charge on any atom is -0.267 e. The van der Waals surface area contributed by atoms with E-state index in [1.165, 1.54) is 4.88 Å². The molecule has 0 aliphatic heterocycles. The van der Waals surface area contributed by atoms with Gasteiger partial charge in [-0.05, 0) is 53.9 Å². The summed E-state index contributed by atoms with van der Waals surface area (Å²) in [6.45, 7) is 6.04. The molecule has 0 spiro atoms. The van der Waals surface area contributed by atoms with Gasteiger partial charge in [0.05, 0.1) is 9.17 Å². The van der Waals surface area contributed by atoms with E-state index >= 15 is 0 Å². The highest BCUT2D eigenvalue weighted by Gasteiger charge is 2.16. The Morgan fingerprint density at radius 3 is 2.40 bits per heavy atom. The Morgan fingerprint density at radius 2 is 1.80 bits per heavy atom. The largest absolute Gasteiger partial charge is 0.272 e. The van der Waals surface area contributed by atoms with Crippen molar-refractivity contribution in [2.45, 2.75) is 20.8 Å². The summed E-state index contributed by atoms with van der Waals surface area (Å²) in [7, 11) is 0. The summed E-state index contributed by atoms with van der Waals surface area (Å²) >= 11 is 5.18. The van der Waals surface area contributed by atoms with Crippen molar-refractivity contribution in [2.24, 2.45) is 0 Å². The average Bonchev–Trinajstić information content (AvgIpc) is 2.73. The molecule has 0 atom stereocenters. The van der Waals surface area contributed by atoms with Gasteiger partial charge in [-0.15, -0.1) is 11.3 Å². The number of halogens is 1. The number of hydrogen-bond donors (Lipinski definition) is 1. The van der Waals surface area contributed by atoms with Crippen LogP contribution in [0.25, 0.3) is 22.0 Å². The molecule has 1 aromatic carbocycles. The van der Waals surface area contributed by atoms with Crippen molar-refractivity contribution in [1.29, 1.82) is 0 Å². The summed E-state index contributed by atoms with van der Waals surface area (Å²) in [5.74, 6) is 0. The van der Waals surface area contributed by atoms with Crippen LogP contribution in [-0.2, 0) is 0 Å². The first kappa shape index (κ1) is 13.5. The molecule has 0 unspecified atom stereocenters. The van der Waals surface area contributed by atoms with Crippen LogP contribution in [0.1, 0.15) is 16.0 Å². The molecule has 0 aliphatic rings. The molecule has 0 bridgehead atoms. The summed E-state index contributed by atoms with van der Waals surface area (Å²) < 4.78 is 1.07. The zero-order valence-corrected chi connectivity index (χ0v) is 13.8. The number of aromatic nitrogens is 2. The molecule has 0 amide bonds. The van der Waals surface area contributed by atoms with Crippen LogP contribution < -0.4 is 5.56 Å². The Balaban J connectivity index is 2.50. The molecule has 1 N–H and O–H groups in total. The maximum absolute atomic E-state index is 12.1. The summed E-state index contributed by atoms with van der Waals surface area (Å²) in [5.41, 5.74) is 3.83. The predicted octanol–water partition coefficient (Wildman–Crippen LogP) is 4.34. The molecule has 0 saturated carbocycles. The molecule has 0 fully saturated rings. The summed E-state index contributed by atoms with van der Waals surface area (Å²) in [6.07, 6.45) is 0. The minimum absolute atomic E-state index is 0.128. The molecule has 102 valence electrons.